The fourth-order valence-electron chi connectivity index (χ4n) is 7.94. The summed E-state index contributed by atoms with van der Waals surface area (Å²) >= 11 is 3.64. The van der Waals surface area contributed by atoms with Crippen molar-refractivity contribution in [1.29, 1.82) is 0 Å². The largest absolute Gasteiger partial charge is 0.530 e. The number of hydrogen-bond acceptors (Lipinski definition) is 5. The van der Waals surface area contributed by atoms with Gasteiger partial charge in [-0.25, -0.2) is 9.59 Å². The van der Waals surface area contributed by atoms with Gasteiger partial charge >= 0.3 is 18.9 Å². The zero-order chi connectivity index (χ0) is 32.0. The van der Waals surface area contributed by atoms with Crippen LogP contribution in [0.4, 0.5) is 8.63 Å². The predicted molar refractivity (Wildman–Crippen MR) is 177 cm³/mol. The molecule has 10 heteroatoms. The minimum Gasteiger partial charge on any atom is -0.463 e. The van der Waals surface area contributed by atoms with Crippen LogP contribution in [0, 0.1) is 13.8 Å². The number of benzene rings is 1. The Morgan fingerprint density at radius 3 is 2.20 bits per heavy atom. The van der Waals surface area contributed by atoms with Gasteiger partial charge < -0.3 is 27.4 Å². The van der Waals surface area contributed by atoms with Crippen molar-refractivity contribution < 1.29 is 27.7 Å². The van der Waals surface area contributed by atoms with E-state index in [0.29, 0.717) is 42.8 Å². The van der Waals surface area contributed by atoms with E-state index in [1.165, 1.54) is 27.5 Å². The highest BCUT2D eigenvalue weighted by atomic mass is 79.9. The average molecular weight is 680 g/mol. The van der Waals surface area contributed by atoms with Gasteiger partial charge in [0.1, 0.15) is 0 Å². The third-order valence-electron chi connectivity index (χ3n) is 9.51. The number of ether oxygens (including phenoxy) is 2. The fourth-order valence-corrected chi connectivity index (χ4v) is 8.62. The van der Waals surface area contributed by atoms with Crippen molar-refractivity contribution in [1.82, 2.24) is 9.29 Å². The molecule has 6 nitrogen and oxygen atoms in total. The molecule has 3 heterocycles. The van der Waals surface area contributed by atoms with Crippen molar-refractivity contribution in [3.8, 4) is 0 Å². The van der Waals surface area contributed by atoms with E-state index in [1.54, 1.807) is 19.9 Å². The minimum atomic E-state index is -4.41. The highest BCUT2D eigenvalue weighted by Gasteiger charge is 2.53. The Morgan fingerprint density at radius 2 is 1.53 bits per heavy atom. The van der Waals surface area contributed by atoms with Crippen LogP contribution in [0.25, 0.3) is 11.6 Å². The number of fused-ring (bicyclic) bond motifs is 5. The number of aromatic nitrogens is 1. The predicted octanol–water partition coefficient (Wildman–Crippen LogP) is 7.99. The van der Waals surface area contributed by atoms with Crippen LogP contribution in [0.5, 0.6) is 0 Å². The van der Waals surface area contributed by atoms with E-state index in [2.05, 4.69) is 15.9 Å². The summed E-state index contributed by atoms with van der Waals surface area (Å²) in [4.78, 5) is 26.2. The number of carbonyl (C=O) groups excluding carboxylic acids is 2. The third kappa shape index (κ3) is 5.32. The van der Waals surface area contributed by atoms with Gasteiger partial charge in [-0.15, -0.1) is 0 Å². The van der Waals surface area contributed by atoms with Crippen molar-refractivity contribution >= 4 is 46.5 Å². The minimum absolute atomic E-state index is 0.200. The molecule has 0 saturated carbocycles. The van der Waals surface area contributed by atoms with Crippen molar-refractivity contribution in [2.75, 3.05) is 13.2 Å². The topological polar surface area (TPSA) is 60.8 Å². The second-order valence-electron chi connectivity index (χ2n) is 12.3. The molecular formula is C35H39BBrF2N2O4-. The Hall–Kier alpha value is -3.40. The first-order valence-electron chi connectivity index (χ1n) is 16.1. The summed E-state index contributed by atoms with van der Waals surface area (Å²) in [5.41, 5.74) is 9.00. The number of carbonyl (C=O) groups is 2. The number of hydrogen-bond donors (Lipinski definition) is 0. The number of allylic oxidation sites excluding steroid dienone is 1. The zero-order valence-electron chi connectivity index (χ0n) is 26.4. The van der Waals surface area contributed by atoms with E-state index >= 15 is 8.63 Å². The van der Waals surface area contributed by atoms with E-state index in [9.17, 15) is 9.59 Å². The molecule has 0 radical (unpaired) electrons. The highest BCUT2D eigenvalue weighted by molar-refractivity contribution is 9.10. The van der Waals surface area contributed by atoms with Crippen LogP contribution in [-0.4, -0.2) is 47.5 Å². The summed E-state index contributed by atoms with van der Waals surface area (Å²) in [5.74, 6) is -1.11. The summed E-state index contributed by atoms with van der Waals surface area (Å²) in [5, 5.41) is 0. The van der Waals surface area contributed by atoms with Crippen LogP contribution < -0.4 is 0 Å². The molecule has 0 saturated heterocycles. The number of halogens is 3. The molecule has 0 N–H and O–H groups in total. The molecule has 0 amide bonds. The third-order valence-corrected chi connectivity index (χ3v) is 9.96. The van der Waals surface area contributed by atoms with E-state index in [1.807, 2.05) is 26.0 Å². The lowest BCUT2D eigenvalue weighted by Crippen LogP contribution is -2.58. The Morgan fingerprint density at radius 1 is 0.933 bits per heavy atom. The fraction of sp³-hybridized carbons (Fsp3) is 0.429. The average Bonchev–Trinajstić information content (AvgIpc) is 3.51. The lowest BCUT2D eigenvalue weighted by molar-refractivity contribution is -0.138. The van der Waals surface area contributed by atoms with Gasteiger partial charge in [-0.05, 0) is 136 Å². The van der Waals surface area contributed by atoms with Crippen molar-refractivity contribution in [3.05, 3.63) is 90.9 Å². The molecule has 0 spiro atoms. The number of rotatable bonds is 7. The maximum absolute atomic E-state index is 17.7. The van der Waals surface area contributed by atoms with E-state index in [0.717, 1.165) is 74.7 Å². The van der Waals surface area contributed by atoms with E-state index < -0.39 is 25.0 Å². The van der Waals surface area contributed by atoms with Gasteiger partial charge in [0.15, 0.2) is 0 Å². The molecule has 2 aliphatic carbocycles. The number of nitrogens with zero attached hydrogens (tertiary/aromatic N) is 2. The Kier molecular flexibility index (Phi) is 8.72. The first-order chi connectivity index (χ1) is 21.6. The second-order valence-corrected chi connectivity index (χ2v) is 13.2. The monoisotopic (exact) mass is 679 g/mol. The smallest absolute Gasteiger partial charge is 0.463 e. The molecule has 2 aliphatic heterocycles. The summed E-state index contributed by atoms with van der Waals surface area (Å²) in [6.07, 6.45) is 12.1. The molecule has 45 heavy (non-hydrogen) atoms. The van der Waals surface area contributed by atoms with Crippen LogP contribution >= 0.6 is 15.9 Å². The molecule has 0 fully saturated rings. The zero-order valence-corrected chi connectivity index (χ0v) is 27.9. The standard InChI is InChI=1S/C35H39BBrF2N2O4/c1-5-44-30(42)17-15-28-24-11-7-9-13-26(24)34-33(32-21(3)19-23(37)20-22(32)4)35-27-14-10-8-12-25(27)29(16-18-31(43)45-6-2)41(35)36(38,39)40(28)34/h15-20,28H,5-14H2,1-4H3/q-1/b17-15+,18-16+. The van der Waals surface area contributed by atoms with Gasteiger partial charge in [-0.3, -0.25) is 0 Å². The molecule has 1 aromatic heterocycles. The lowest BCUT2D eigenvalue weighted by atomic mass is 9.78. The van der Waals surface area contributed by atoms with Gasteiger partial charge in [0.05, 0.1) is 13.2 Å². The normalized spacial score (nSPS) is 20.4. The first-order valence-corrected chi connectivity index (χ1v) is 16.9. The van der Waals surface area contributed by atoms with Crippen molar-refractivity contribution in [3.63, 3.8) is 0 Å². The van der Waals surface area contributed by atoms with Gasteiger partial charge in [0, 0.05) is 45.3 Å². The Bertz CT molecular complexity index is 1680. The maximum Gasteiger partial charge on any atom is 0.530 e. The van der Waals surface area contributed by atoms with Crippen LogP contribution in [0.1, 0.15) is 91.6 Å². The molecule has 1 unspecified atom stereocenters. The molecule has 6 rings (SSSR count). The Balaban J connectivity index is 1.71. The molecule has 238 valence electrons. The molecule has 1 aromatic carbocycles. The maximum atomic E-state index is 17.7. The molecular weight excluding hydrogens is 641 g/mol. The Labute approximate surface area is 272 Å². The first kappa shape index (κ1) is 31.6. The van der Waals surface area contributed by atoms with Gasteiger partial charge in [0.2, 0.25) is 0 Å². The molecule has 0 bridgehead atoms. The van der Waals surface area contributed by atoms with Crippen LogP contribution in [0.2, 0.25) is 0 Å². The van der Waals surface area contributed by atoms with Crippen LogP contribution in [-0.2, 0) is 31.9 Å². The summed E-state index contributed by atoms with van der Waals surface area (Å²) < 4.78 is 47.8. The number of esters is 2. The SMILES string of the molecule is CCOC(=O)/C=C/c1c2c(c3n1[B-](F)(F)N1C(=C3c3c(C)cc(Br)cc3C)C3=C(CCCC3)C1/C=C/C(=O)OCC)CCCC2. The summed E-state index contributed by atoms with van der Waals surface area (Å²) in [6, 6.07) is 3.29. The van der Waals surface area contributed by atoms with Crippen molar-refractivity contribution in [2.45, 2.75) is 85.1 Å². The second kappa shape index (κ2) is 12.4. The summed E-state index contributed by atoms with van der Waals surface area (Å²) in [7, 11) is 0. The molecule has 4 aliphatic rings. The highest BCUT2D eigenvalue weighted by Crippen LogP contribution is 2.55. The summed E-state index contributed by atoms with van der Waals surface area (Å²) in [6.45, 7) is 3.51. The van der Waals surface area contributed by atoms with E-state index in [4.69, 9.17) is 9.47 Å². The lowest BCUT2D eigenvalue weighted by Gasteiger charge is -2.50. The van der Waals surface area contributed by atoms with Gasteiger partial charge in [-0.1, -0.05) is 22.0 Å². The van der Waals surface area contributed by atoms with Gasteiger partial charge in [0.25, 0.3) is 0 Å². The van der Waals surface area contributed by atoms with Crippen LogP contribution in [0.15, 0.2) is 51.7 Å². The quantitative estimate of drug-likeness (QED) is 0.169. The van der Waals surface area contributed by atoms with Crippen molar-refractivity contribution in [2.24, 2.45) is 0 Å². The van der Waals surface area contributed by atoms with Crippen LogP contribution in [0.3, 0.4) is 0 Å². The number of aryl methyl sites for hydroxylation is 2. The molecule has 1 atom stereocenters. The molecule has 2 aromatic rings. The van der Waals surface area contributed by atoms with Gasteiger partial charge in [-0.2, -0.15) is 0 Å². The van der Waals surface area contributed by atoms with E-state index in [-0.39, 0.29) is 13.2 Å².